The lowest BCUT2D eigenvalue weighted by Gasteiger charge is -2.30. The number of nitrogens with one attached hydrogen (secondary N) is 4. The first-order chi connectivity index (χ1) is 20.2. The van der Waals surface area contributed by atoms with Crippen molar-refractivity contribution in [1.82, 2.24) is 26.2 Å². The monoisotopic (exact) mass is 601 g/mol. The van der Waals surface area contributed by atoms with Crippen molar-refractivity contribution in [3.63, 3.8) is 0 Å². The van der Waals surface area contributed by atoms with E-state index in [1.165, 1.54) is 11.8 Å². The Kier molecular flexibility index (Phi) is 13.6. The number of nitrogens with two attached hydrogens (primary N) is 2. The summed E-state index contributed by atoms with van der Waals surface area (Å²) in [5, 5.41) is 10.7. The van der Waals surface area contributed by atoms with Crippen LogP contribution in [0.5, 0.6) is 0 Å². The first kappa shape index (κ1) is 35.2. The molecule has 0 radical (unpaired) electrons. The zero-order valence-electron chi connectivity index (χ0n) is 25.7. The largest absolute Gasteiger partial charge is 0.368 e. The lowest BCUT2D eigenvalue weighted by atomic mass is 9.99. The standard InChI is InChI=1S/C30H47N7O6/c1-17(2)14-21(35-29(42)23-12-9-13-37(23)30(43)19(5)33-24(38)16-31)27(40)34-22(15-20-10-7-6-8-11-20)28(41)36-25(18(3)4)26(32)39/h6-8,10-11,17-19,21-23,25H,9,12-16,31H2,1-5H3,(H2,32,39)(H,33,38)(H,34,40)(H,35,42)(H,36,41). The van der Waals surface area contributed by atoms with Gasteiger partial charge < -0.3 is 37.6 Å². The van der Waals surface area contributed by atoms with Crippen LogP contribution in [0.3, 0.4) is 0 Å². The SMILES string of the molecule is CC(C)CC(NC(=O)C1CCCN1C(=O)C(C)NC(=O)CN)C(=O)NC(Cc1ccccc1)C(=O)NC(C(N)=O)C(C)C. The highest BCUT2D eigenvalue weighted by molar-refractivity contribution is 5.96. The minimum atomic E-state index is -1.06. The highest BCUT2D eigenvalue weighted by Crippen LogP contribution is 2.19. The van der Waals surface area contributed by atoms with Crippen LogP contribution in [-0.2, 0) is 35.2 Å². The second kappa shape index (κ2) is 16.6. The van der Waals surface area contributed by atoms with Crippen molar-refractivity contribution >= 4 is 35.4 Å². The molecule has 2 rings (SSSR count). The van der Waals surface area contributed by atoms with Crippen LogP contribution in [0.15, 0.2) is 30.3 Å². The number of likely N-dealkylation sites (tertiary alicyclic amines) is 1. The average molecular weight is 602 g/mol. The van der Waals surface area contributed by atoms with Gasteiger partial charge in [-0.05, 0) is 43.6 Å². The van der Waals surface area contributed by atoms with Crippen molar-refractivity contribution in [2.75, 3.05) is 13.1 Å². The molecule has 0 aromatic heterocycles. The van der Waals surface area contributed by atoms with E-state index in [-0.39, 0.29) is 31.2 Å². The molecule has 1 fully saturated rings. The molecule has 0 aliphatic carbocycles. The fourth-order valence-corrected chi connectivity index (χ4v) is 5.04. The first-order valence-electron chi connectivity index (χ1n) is 14.8. The van der Waals surface area contributed by atoms with Crippen molar-refractivity contribution in [2.45, 2.75) is 90.5 Å². The molecule has 8 N–H and O–H groups in total. The molecule has 238 valence electrons. The molecule has 1 aliphatic heterocycles. The Bertz CT molecular complexity index is 1140. The first-order valence-corrected chi connectivity index (χ1v) is 14.8. The van der Waals surface area contributed by atoms with Crippen LogP contribution in [0.4, 0.5) is 0 Å². The second-order valence-electron chi connectivity index (χ2n) is 11.8. The van der Waals surface area contributed by atoms with Gasteiger partial charge in [0.15, 0.2) is 0 Å². The predicted molar refractivity (Wildman–Crippen MR) is 161 cm³/mol. The maximum Gasteiger partial charge on any atom is 0.245 e. The third-order valence-electron chi connectivity index (χ3n) is 7.30. The van der Waals surface area contributed by atoms with Crippen molar-refractivity contribution in [2.24, 2.45) is 23.3 Å². The van der Waals surface area contributed by atoms with Crippen molar-refractivity contribution in [3.8, 4) is 0 Å². The molecular formula is C30H47N7O6. The molecule has 0 bridgehead atoms. The van der Waals surface area contributed by atoms with E-state index in [1.807, 2.05) is 44.2 Å². The van der Waals surface area contributed by atoms with Gasteiger partial charge in [0.1, 0.15) is 30.2 Å². The summed E-state index contributed by atoms with van der Waals surface area (Å²) in [5.74, 6) is -3.51. The van der Waals surface area contributed by atoms with Gasteiger partial charge in [-0.2, -0.15) is 0 Å². The predicted octanol–water partition coefficient (Wildman–Crippen LogP) is -0.675. The van der Waals surface area contributed by atoms with Crippen LogP contribution in [0.2, 0.25) is 0 Å². The summed E-state index contributed by atoms with van der Waals surface area (Å²) in [6, 6.07) is 4.41. The summed E-state index contributed by atoms with van der Waals surface area (Å²) < 4.78 is 0. The number of amides is 6. The quantitative estimate of drug-likeness (QED) is 0.153. The van der Waals surface area contributed by atoms with Crippen LogP contribution in [0.25, 0.3) is 0 Å². The van der Waals surface area contributed by atoms with E-state index in [0.29, 0.717) is 19.4 Å². The van der Waals surface area contributed by atoms with Gasteiger partial charge in [0.25, 0.3) is 0 Å². The van der Waals surface area contributed by atoms with Crippen LogP contribution < -0.4 is 32.7 Å². The fourth-order valence-electron chi connectivity index (χ4n) is 5.04. The lowest BCUT2D eigenvalue weighted by molar-refractivity contribution is -0.142. The summed E-state index contributed by atoms with van der Waals surface area (Å²) in [7, 11) is 0. The van der Waals surface area contributed by atoms with Crippen LogP contribution >= 0.6 is 0 Å². The maximum atomic E-state index is 13.6. The lowest BCUT2D eigenvalue weighted by Crippen LogP contribution is -2.59. The summed E-state index contributed by atoms with van der Waals surface area (Å²) in [6.45, 7) is 8.88. The molecule has 1 aliphatic rings. The molecule has 1 heterocycles. The third-order valence-corrected chi connectivity index (χ3v) is 7.30. The number of benzene rings is 1. The smallest absolute Gasteiger partial charge is 0.245 e. The molecule has 43 heavy (non-hydrogen) atoms. The molecule has 0 saturated carbocycles. The highest BCUT2D eigenvalue weighted by atomic mass is 16.2. The van der Waals surface area contributed by atoms with Gasteiger partial charge in [-0.1, -0.05) is 58.0 Å². The maximum absolute atomic E-state index is 13.6. The molecule has 6 amide bonds. The summed E-state index contributed by atoms with van der Waals surface area (Å²) in [6.07, 6.45) is 1.39. The summed E-state index contributed by atoms with van der Waals surface area (Å²) in [5.41, 5.74) is 11.6. The Morgan fingerprint density at radius 1 is 0.884 bits per heavy atom. The summed E-state index contributed by atoms with van der Waals surface area (Å²) in [4.78, 5) is 78.5. The Labute approximate surface area is 253 Å². The van der Waals surface area contributed by atoms with Gasteiger partial charge in [0, 0.05) is 13.0 Å². The molecule has 0 spiro atoms. The number of nitrogens with zero attached hydrogens (tertiary/aromatic N) is 1. The van der Waals surface area contributed by atoms with Gasteiger partial charge in [0.2, 0.25) is 35.4 Å². The van der Waals surface area contributed by atoms with Crippen LogP contribution in [0, 0.1) is 11.8 Å². The third kappa shape index (κ3) is 10.7. The van der Waals surface area contributed by atoms with E-state index in [0.717, 1.165) is 5.56 Å². The van der Waals surface area contributed by atoms with E-state index in [4.69, 9.17) is 11.5 Å². The highest BCUT2D eigenvalue weighted by Gasteiger charge is 2.38. The Morgan fingerprint density at radius 3 is 2.07 bits per heavy atom. The number of hydrogen-bond donors (Lipinski definition) is 6. The van der Waals surface area contributed by atoms with Gasteiger partial charge in [-0.25, -0.2) is 0 Å². The Balaban J connectivity index is 2.24. The van der Waals surface area contributed by atoms with Crippen molar-refractivity contribution in [1.29, 1.82) is 0 Å². The Hall–Kier alpha value is -4.00. The zero-order chi connectivity index (χ0) is 32.3. The van der Waals surface area contributed by atoms with E-state index in [2.05, 4.69) is 21.3 Å². The molecule has 13 nitrogen and oxygen atoms in total. The number of carbonyl (C=O) groups is 6. The van der Waals surface area contributed by atoms with E-state index in [1.54, 1.807) is 13.8 Å². The minimum Gasteiger partial charge on any atom is -0.368 e. The van der Waals surface area contributed by atoms with E-state index < -0.39 is 65.7 Å². The van der Waals surface area contributed by atoms with Crippen LogP contribution in [0.1, 0.15) is 59.4 Å². The van der Waals surface area contributed by atoms with E-state index in [9.17, 15) is 28.8 Å². The molecule has 5 unspecified atom stereocenters. The van der Waals surface area contributed by atoms with Gasteiger partial charge in [0.05, 0.1) is 6.54 Å². The number of hydrogen-bond acceptors (Lipinski definition) is 7. The minimum absolute atomic E-state index is 0.00504. The van der Waals surface area contributed by atoms with Gasteiger partial charge >= 0.3 is 0 Å². The average Bonchev–Trinajstić information content (AvgIpc) is 3.44. The number of primary amides is 1. The number of carbonyl (C=O) groups excluding carboxylic acids is 6. The van der Waals surface area contributed by atoms with Gasteiger partial charge in [-0.3, -0.25) is 28.8 Å². The summed E-state index contributed by atoms with van der Waals surface area (Å²) >= 11 is 0. The molecule has 5 atom stereocenters. The zero-order valence-corrected chi connectivity index (χ0v) is 25.7. The van der Waals surface area contributed by atoms with Crippen molar-refractivity contribution in [3.05, 3.63) is 35.9 Å². The van der Waals surface area contributed by atoms with Gasteiger partial charge in [-0.15, -0.1) is 0 Å². The molecule has 13 heteroatoms. The molecule has 1 aromatic carbocycles. The topological polar surface area (TPSA) is 206 Å². The van der Waals surface area contributed by atoms with Crippen LogP contribution in [-0.4, -0.2) is 83.6 Å². The molecule has 1 aromatic rings. The van der Waals surface area contributed by atoms with Crippen molar-refractivity contribution < 1.29 is 28.8 Å². The second-order valence-corrected chi connectivity index (χ2v) is 11.8. The van der Waals surface area contributed by atoms with E-state index >= 15 is 0 Å². The normalized spacial score (nSPS) is 17.5. The molecule has 1 saturated heterocycles. The Morgan fingerprint density at radius 2 is 1.51 bits per heavy atom. The molecular weight excluding hydrogens is 554 g/mol. The fraction of sp³-hybridized carbons (Fsp3) is 0.600. The number of rotatable bonds is 15.